The predicted octanol–water partition coefficient (Wildman–Crippen LogP) is -1.76. The van der Waals surface area contributed by atoms with E-state index in [9.17, 15) is 81.8 Å². The summed E-state index contributed by atoms with van der Waals surface area (Å²) in [6.07, 6.45) is -12.4. The summed E-state index contributed by atoms with van der Waals surface area (Å²) >= 11 is 0. The van der Waals surface area contributed by atoms with Crippen LogP contribution in [0.3, 0.4) is 0 Å². The van der Waals surface area contributed by atoms with Crippen molar-refractivity contribution in [2.45, 2.75) is 156 Å². The molecule has 0 saturated carbocycles. The first-order valence-electron chi connectivity index (χ1n) is 26.6. The van der Waals surface area contributed by atoms with Crippen molar-refractivity contribution in [3.63, 3.8) is 0 Å². The molecule has 5 aliphatic heterocycles. The van der Waals surface area contributed by atoms with E-state index in [0.29, 0.717) is 37.2 Å². The number of carbonyl (C=O) groups is 1. The summed E-state index contributed by atoms with van der Waals surface area (Å²) in [6, 6.07) is 12.8. The van der Waals surface area contributed by atoms with Crippen LogP contribution in [-0.4, -0.2) is 230 Å². The van der Waals surface area contributed by atoms with Crippen LogP contribution in [0.25, 0.3) is 0 Å². The summed E-state index contributed by atoms with van der Waals surface area (Å²) < 4.78 is 98.5. The zero-order chi connectivity index (χ0) is 59.4. The third-order valence-corrected chi connectivity index (χ3v) is 16.9. The van der Waals surface area contributed by atoms with Crippen LogP contribution in [0.2, 0.25) is 0 Å². The summed E-state index contributed by atoms with van der Waals surface area (Å²) in [4.78, 5) is 16.0. The van der Waals surface area contributed by atoms with E-state index in [1.807, 2.05) is 79.5 Å². The van der Waals surface area contributed by atoms with E-state index in [2.05, 4.69) is 29.8 Å². The number of ether oxygens (including phenoxy) is 5. The molecule has 7 rings (SSSR count). The average Bonchev–Trinajstić information content (AvgIpc) is 4.05. The maximum Gasteiger partial charge on any atom is 0.253 e. The quantitative estimate of drug-likeness (QED) is 0.0254. The molecule has 3 saturated heterocycles. The first-order chi connectivity index (χ1) is 38.1. The maximum atomic E-state index is 14.0. The number of aliphatic hydroxyl groups excluding tert-OH is 10. The Labute approximate surface area is 469 Å². The molecule has 0 bridgehead atoms. The smallest absolute Gasteiger partial charge is 0.253 e. The van der Waals surface area contributed by atoms with Gasteiger partial charge < -0.3 is 94.1 Å². The van der Waals surface area contributed by atoms with Crippen LogP contribution in [0.5, 0.6) is 0 Å². The van der Waals surface area contributed by atoms with E-state index < -0.39 is 155 Å². The second kappa shape index (κ2) is 26.6. The Hall–Kier alpha value is -4.44. The van der Waals surface area contributed by atoms with Crippen molar-refractivity contribution >= 4 is 43.2 Å². The van der Waals surface area contributed by atoms with Crippen molar-refractivity contribution in [3.8, 4) is 0 Å². The Morgan fingerprint density at radius 3 is 1.84 bits per heavy atom. The number of anilines is 1. The molecule has 25 nitrogen and oxygen atoms in total. The number of allylic oxidation sites excluding steroid dienone is 8. The van der Waals surface area contributed by atoms with Crippen LogP contribution in [0, 0.1) is 0 Å². The third kappa shape index (κ3) is 14.6. The van der Waals surface area contributed by atoms with Crippen LogP contribution in [0.1, 0.15) is 74.9 Å². The number of hydrogen-bond donors (Lipinski definition) is 11. The molecular formula is C54H74N3O22S2-. The van der Waals surface area contributed by atoms with E-state index in [1.54, 1.807) is 12.1 Å². The molecule has 2 aromatic rings. The number of unbranched alkanes of at least 4 members (excludes halogenated alkanes) is 2. The minimum Gasteiger partial charge on any atom is -0.748 e. The van der Waals surface area contributed by atoms with E-state index in [1.165, 1.54) is 6.07 Å². The number of hydrogen-bond acceptors (Lipinski definition) is 23. The Morgan fingerprint density at radius 1 is 0.654 bits per heavy atom. The summed E-state index contributed by atoms with van der Waals surface area (Å²) in [6.45, 7) is 6.30. The fourth-order valence-electron chi connectivity index (χ4n) is 10.9. The Bertz CT molecular complexity index is 2910. The zero-order valence-electron chi connectivity index (χ0n) is 45.1. The van der Waals surface area contributed by atoms with Crippen LogP contribution < -0.4 is 10.2 Å². The van der Waals surface area contributed by atoms with Gasteiger partial charge in [-0.05, 0) is 62.9 Å². The SMILES string of the molecule is CC1(C)C(/C=C/C=C/C=C/C=C2/N(CCCCS(=O)(=O)[O-])c3ccc(C(=O)NC4OC(CO)C(OC5OC(CO)C(OC6OC(CO)C(O)C(O)C6O)C(O)C5O)C(O)C4O)cc3C2(C)C)=[N+](CCCCS(=O)(=O)[O-])c2ccccc21. The van der Waals surface area contributed by atoms with Crippen molar-refractivity contribution in [1.29, 1.82) is 0 Å². The number of amides is 1. The number of para-hydroxylation sites is 1. The monoisotopic (exact) mass is 1180 g/mol. The van der Waals surface area contributed by atoms with E-state index in [0.717, 1.165) is 22.7 Å². The Morgan fingerprint density at radius 2 is 1.21 bits per heavy atom. The normalized spacial score (nSPS) is 32.8. The molecule has 15 atom stereocenters. The third-order valence-electron chi connectivity index (χ3n) is 15.3. The molecule has 5 heterocycles. The second-order valence-electron chi connectivity index (χ2n) is 21.6. The summed E-state index contributed by atoms with van der Waals surface area (Å²) in [5.74, 6) is -1.75. The summed E-state index contributed by atoms with van der Waals surface area (Å²) in [7, 11) is -8.79. The average molecular weight is 1180 g/mol. The molecule has 27 heteroatoms. The van der Waals surface area contributed by atoms with Gasteiger partial charge in [0.05, 0.1) is 45.5 Å². The molecule has 0 aliphatic carbocycles. The van der Waals surface area contributed by atoms with Gasteiger partial charge in [0.15, 0.2) is 24.5 Å². The molecule has 11 N–H and O–H groups in total. The highest BCUT2D eigenvalue weighted by atomic mass is 32.2. The largest absolute Gasteiger partial charge is 0.748 e. The van der Waals surface area contributed by atoms with Crippen molar-refractivity contribution in [3.05, 3.63) is 107 Å². The van der Waals surface area contributed by atoms with Crippen LogP contribution in [0.4, 0.5) is 11.4 Å². The van der Waals surface area contributed by atoms with Gasteiger partial charge in [0.25, 0.3) is 5.91 Å². The molecular weight excluding hydrogens is 1110 g/mol. The lowest BCUT2D eigenvalue weighted by Crippen LogP contribution is -2.67. The first-order valence-corrected chi connectivity index (χ1v) is 29.7. The first kappa shape index (κ1) is 64.1. The second-order valence-corrected chi connectivity index (χ2v) is 24.7. The van der Waals surface area contributed by atoms with Crippen molar-refractivity contribution in [2.75, 3.05) is 49.3 Å². The van der Waals surface area contributed by atoms with E-state index in [4.69, 9.17) is 23.7 Å². The molecule has 2 aromatic carbocycles. The van der Waals surface area contributed by atoms with Gasteiger partial charge in [-0.25, -0.2) is 16.8 Å². The highest BCUT2D eigenvalue weighted by molar-refractivity contribution is 7.85. The number of nitrogens with zero attached hydrogens (tertiary/aromatic N) is 2. The molecule has 0 radical (unpaired) electrons. The zero-order valence-corrected chi connectivity index (χ0v) is 46.7. The fraction of sp³-hybridized carbons (Fsp3) is 0.593. The minimum absolute atomic E-state index is 0.0940. The predicted molar refractivity (Wildman–Crippen MR) is 286 cm³/mol. The maximum absolute atomic E-state index is 14.0. The molecule has 15 unspecified atom stereocenters. The van der Waals surface area contributed by atoms with Gasteiger partial charge in [-0.15, -0.1) is 0 Å². The van der Waals surface area contributed by atoms with Crippen LogP contribution in [0.15, 0.2) is 90.7 Å². The number of rotatable bonds is 23. The van der Waals surface area contributed by atoms with Gasteiger partial charge in [-0.1, -0.05) is 62.4 Å². The van der Waals surface area contributed by atoms with E-state index in [-0.39, 0.29) is 23.8 Å². The number of aliphatic hydroxyl groups is 10. The Kier molecular flexibility index (Phi) is 21.1. The van der Waals surface area contributed by atoms with Gasteiger partial charge in [0.2, 0.25) is 5.69 Å². The van der Waals surface area contributed by atoms with E-state index >= 15 is 0 Å². The molecule has 1 amide bonds. The summed E-state index contributed by atoms with van der Waals surface area (Å²) in [5, 5.41) is 108. The molecule has 0 spiro atoms. The van der Waals surface area contributed by atoms with Gasteiger partial charge in [-0.2, -0.15) is 4.58 Å². The lowest BCUT2D eigenvalue weighted by atomic mass is 9.81. The lowest BCUT2D eigenvalue weighted by Gasteiger charge is -2.48. The molecule has 0 aromatic heterocycles. The van der Waals surface area contributed by atoms with Crippen molar-refractivity contribution < 1.29 is 110 Å². The summed E-state index contributed by atoms with van der Waals surface area (Å²) in [5.41, 5.74) is 4.20. The minimum atomic E-state index is -4.47. The topological polar surface area (TPSA) is 398 Å². The highest BCUT2D eigenvalue weighted by Gasteiger charge is 2.54. The van der Waals surface area contributed by atoms with Gasteiger partial charge in [0.1, 0.15) is 79.8 Å². The van der Waals surface area contributed by atoms with Gasteiger partial charge >= 0.3 is 0 Å². The number of benzene rings is 2. The number of nitrogens with one attached hydrogen (secondary N) is 1. The van der Waals surface area contributed by atoms with Gasteiger partial charge in [0, 0.05) is 64.5 Å². The molecule has 81 heavy (non-hydrogen) atoms. The number of carbonyl (C=O) groups excluding carboxylic acids is 1. The molecule has 5 aliphatic rings. The van der Waals surface area contributed by atoms with Crippen LogP contribution >= 0.6 is 0 Å². The molecule has 450 valence electrons. The standard InChI is InChI=1S/C54H75N3O22S2/c1-53(2)31-16-10-11-17-33(31)56(22-12-14-24-80(69,70)71)38(53)18-8-6-5-7-9-19-39-54(3,4)32-26-30(20-21-34(32)57(39)23-13-15-25-81(72,73)74)49(68)55-50-44(65)42(63)47(36(28-59)75-50)78-52-46(67)43(64)48(37(29-60)77-52)79-51-45(66)41(62)40(61)35(27-58)76-51/h5-11,16-21,26,35-37,40-48,50-52,58-67H,12-15,22-25,27-29H2,1-4H3,(H2-,55,68,69,70,71,72,73,74)/p-1. The fourth-order valence-corrected chi connectivity index (χ4v) is 12.0. The number of fused-ring (bicyclic) bond motifs is 2. The lowest BCUT2D eigenvalue weighted by molar-refractivity contribution is -0.438. The van der Waals surface area contributed by atoms with Gasteiger partial charge in [-0.3, -0.25) is 4.79 Å². The van der Waals surface area contributed by atoms with Crippen LogP contribution in [-0.2, 0) is 54.8 Å². The molecule has 3 fully saturated rings. The van der Waals surface area contributed by atoms with Crippen molar-refractivity contribution in [2.24, 2.45) is 0 Å². The van der Waals surface area contributed by atoms with Crippen molar-refractivity contribution in [1.82, 2.24) is 5.32 Å². The Balaban J connectivity index is 1.03. The highest BCUT2D eigenvalue weighted by Crippen LogP contribution is 2.48.